The Morgan fingerprint density at radius 1 is 0.607 bits per heavy atom. The third-order valence-electron chi connectivity index (χ3n) is 9.51. The molecule has 3 fully saturated rings. The van der Waals surface area contributed by atoms with E-state index in [4.69, 9.17) is 61.6 Å². The van der Waals surface area contributed by atoms with Crippen LogP contribution in [0.1, 0.15) is 13.8 Å². The second-order valence-electron chi connectivity index (χ2n) is 13.0. The molecule has 3 heterocycles. The molecule has 3 N–H and O–H groups in total. The quantitative estimate of drug-likeness (QED) is 0.114. The van der Waals surface area contributed by atoms with Crippen LogP contribution in [-0.4, -0.2) is 203 Å². The third kappa shape index (κ3) is 12.7. The average molecular weight is 893 g/mol. The number of alkyl halides is 1. The van der Waals surface area contributed by atoms with E-state index in [1.54, 1.807) is 6.92 Å². The number of methoxy groups -OCH3 is 8. The van der Waals surface area contributed by atoms with Gasteiger partial charge in [-0.15, -0.1) is 0 Å². The van der Waals surface area contributed by atoms with Crippen LogP contribution in [-0.2, 0) is 80.8 Å². The molecule has 7 unspecified atom stereocenters. The molecule has 324 valence electrons. The normalized spacial score (nSPS) is 36.1. The summed E-state index contributed by atoms with van der Waals surface area (Å²) in [5, 5.41) is 7.98. The van der Waals surface area contributed by atoms with E-state index < -0.39 is 97.9 Å². The number of carbonyl (C=O) groups is 4. The molecule has 0 aromatic heterocycles. The molecule has 15 atom stereocenters. The van der Waals surface area contributed by atoms with E-state index in [-0.39, 0.29) is 47.8 Å². The molecule has 0 saturated carbocycles. The standard InChI is InChI=1S/C34H58BrN3O17S/c1-16-23(37-22(42)15-56-17(2)39)26(45-5)30(49-9)33(51-16)54-25-19(14-44-4)53-34(31(50-10)28(25)47-7)55-24-18(13-43-3)52-32(29(48-8)27(24)46-6)38-21(41)12-36-20(40)11-35/h16,18-19,23-34H,11-15H2,1-10H3,(H,36,40)(H,37,42)(H,38,41)/t16?,18?,19?,23-,24-,25-,26-,27-,28-,29?,30?,31?,32?,33-,34-/m0/s1. The maximum Gasteiger partial charge on any atom is 0.241 e. The summed E-state index contributed by atoms with van der Waals surface area (Å²) in [7, 11) is 11.8. The monoisotopic (exact) mass is 891 g/mol. The van der Waals surface area contributed by atoms with E-state index in [1.807, 2.05) is 0 Å². The van der Waals surface area contributed by atoms with Gasteiger partial charge in [0.05, 0.1) is 43.0 Å². The average Bonchev–Trinajstić information content (AvgIpc) is 3.18. The van der Waals surface area contributed by atoms with E-state index in [0.717, 1.165) is 11.8 Å². The Morgan fingerprint density at radius 2 is 1.11 bits per heavy atom. The summed E-state index contributed by atoms with van der Waals surface area (Å²) in [6.45, 7) is 2.91. The zero-order valence-electron chi connectivity index (χ0n) is 33.4. The topological polar surface area (TPSA) is 224 Å². The van der Waals surface area contributed by atoms with Crippen LogP contribution in [0, 0.1) is 0 Å². The highest BCUT2D eigenvalue weighted by Crippen LogP contribution is 2.36. The Balaban J connectivity index is 1.86. The van der Waals surface area contributed by atoms with E-state index in [0.29, 0.717) is 0 Å². The molecule has 0 aromatic rings. The number of halogens is 1. The van der Waals surface area contributed by atoms with Crippen molar-refractivity contribution < 1.29 is 80.8 Å². The predicted molar refractivity (Wildman–Crippen MR) is 200 cm³/mol. The first kappa shape index (κ1) is 48.8. The smallest absolute Gasteiger partial charge is 0.241 e. The lowest BCUT2D eigenvalue weighted by atomic mass is 9.94. The minimum Gasteiger partial charge on any atom is -0.382 e. The molecule has 3 amide bonds. The molecule has 0 aliphatic carbocycles. The van der Waals surface area contributed by atoms with Crippen LogP contribution in [0.25, 0.3) is 0 Å². The second kappa shape index (κ2) is 24.5. The van der Waals surface area contributed by atoms with Gasteiger partial charge in [-0.05, 0) is 6.92 Å². The third-order valence-corrected chi connectivity index (χ3v) is 10.8. The lowest BCUT2D eigenvalue weighted by Crippen LogP contribution is -2.69. The predicted octanol–water partition coefficient (Wildman–Crippen LogP) is -1.27. The Labute approximate surface area is 340 Å². The highest BCUT2D eigenvalue weighted by atomic mass is 79.9. The van der Waals surface area contributed by atoms with Crippen LogP contribution < -0.4 is 16.0 Å². The van der Waals surface area contributed by atoms with Crippen molar-refractivity contribution in [3.8, 4) is 0 Å². The van der Waals surface area contributed by atoms with E-state index in [2.05, 4.69) is 31.9 Å². The minimum atomic E-state index is -1.12. The largest absolute Gasteiger partial charge is 0.382 e. The molecule has 3 aliphatic heterocycles. The van der Waals surface area contributed by atoms with E-state index in [9.17, 15) is 19.2 Å². The lowest BCUT2D eigenvalue weighted by Gasteiger charge is -2.51. The molecule has 0 bridgehead atoms. The first-order valence-electron chi connectivity index (χ1n) is 17.8. The van der Waals surface area contributed by atoms with Crippen molar-refractivity contribution in [2.24, 2.45) is 0 Å². The number of rotatable bonds is 21. The second-order valence-corrected chi connectivity index (χ2v) is 14.7. The number of ether oxygens (including phenoxy) is 13. The molecule has 56 heavy (non-hydrogen) atoms. The highest BCUT2D eigenvalue weighted by molar-refractivity contribution is 9.09. The molecular weight excluding hydrogens is 834 g/mol. The van der Waals surface area contributed by atoms with Crippen LogP contribution in [0.5, 0.6) is 0 Å². The Hall–Kier alpha value is -1.61. The Bertz CT molecular complexity index is 1250. The van der Waals surface area contributed by atoms with Crippen molar-refractivity contribution in [1.29, 1.82) is 0 Å². The van der Waals surface area contributed by atoms with Gasteiger partial charge in [-0.3, -0.25) is 19.2 Å². The maximum atomic E-state index is 12.8. The van der Waals surface area contributed by atoms with E-state index in [1.165, 1.54) is 63.8 Å². The summed E-state index contributed by atoms with van der Waals surface area (Å²) in [6, 6.07) is -0.639. The molecule has 0 aromatic carbocycles. The number of hydrogen-bond donors (Lipinski definition) is 3. The summed E-state index contributed by atoms with van der Waals surface area (Å²) in [5.41, 5.74) is 0. The summed E-state index contributed by atoms with van der Waals surface area (Å²) in [6.07, 6.45) is -12.3. The van der Waals surface area contributed by atoms with Crippen LogP contribution in [0.2, 0.25) is 0 Å². The van der Waals surface area contributed by atoms with Crippen molar-refractivity contribution in [2.45, 2.75) is 106 Å². The van der Waals surface area contributed by atoms with Crippen molar-refractivity contribution in [2.75, 3.05) is 87.7 Å². The van der Waals surface area contributed by atoms with Gasteiger partial charge < -0.3 is 77.5 Å². The number of amides is 3. The van der Waals surface area contributed by atoms with Gasteiger partial charge in [-0.25, -0.2) is 0 Å². The summed E-state index contributed by atoms with van der Waals surface area (Å²) in [4.78, 5) is 48.6. The van der Waals surface area contributed by atoms with Crippen LogP contribution in [0.3, 0.4) is 0 Å². The highest BCUT2D eigenvalue weighted by Gasteiger charge is 2.55. The summed E-state index contributed by atoms with van der Waals surface area (Å²) >= 11 is 3.94. The van der Waals surface area contributed by atoms with Gasteiger partial charge in [0, 0.05) is 63.8 Å². The molecular formula is C34H58BrN3O17S. The van der Waals surface area contributed by atoms with Crippen LogP contribution in [0.4, 0.5) is 0 Å². The molecule has 3 saturated heterocycles. The van der Waals surface area contributed by atoms with Gasteiger partial charge in [-0.1, -0.05) is 27.7 Å². The van der Waals surface area contributed by atoms with Gasteiger partial charge in [-0.2, -0.15) is 0 Å². The molecule has 0 radical (unpaired) electrons. The Morgan fingerprint density at radius 3 is 1.61 bits per heavy atom. The lowest BCUT2D eigenvalue weighted by molar-refractivity contribution is -0.374. The summed E-state index contributed by atoms with van der Waals surface area (Å²) < 4.78 is 78.7. The first-order valence-corrected chi connectivity index (χ1v) is 19.9. The number of carbonyl (C=O) groups excluding carboxylic acids is 4. The van der Waals surface area contributed by atoms with Gasteiger partial charge in [0.1, 0.15) is 61.0 Å². The number of hydrogen-bond acceptors (Lipinski definition) is 18. The SMILES string of the molecule is COCC1OC(NC(=O)CNC(=O)CBr)C(OC)[C@@H](OC)[C@H]1O[C@@H]1OC(COC)[C@H](O[C@@H]2OC(C)[C@H](NC(=O)CSC(C)=O)[C@H](OC)C2OC)[C@H](OC)C1OC. The molecule has 3 rings (SSSR count). The van der Waals surface area contributed by atoms with E-state index >= 15 is 0 Å². The fraction of sp³-hybridized carbons (Fsp3) is 0.882. The van der Waals surface area contributed by atoms with Crippen LogP contribution in [0.15, 0.2) is 0 Å². The minimum absolute atomic E-state index is 0.0201. The maximum absolute atomic E-state index is 12.8. The Kier molecular flexibility index (Phi) is 21.3. The van der Waals surface area contributed by atoms with Crippen molar-refractivity contribution in [1.82, 2.24) is 16.0 Å². The van der Waals surface area contributed by atoms with Crippen LogP contribution >= 0.6 is 27.7 Å². The number of thioether (sulfide) groups is 1. The molecule has 22 heteroatoms. The van der Waals surface area contributed by atoms with Gasteiger partial charge in [0.2, 0.25) is 17.7 Å². The van der Waals surface area contributed by atoms with Gasteiger partial charge in [0.25, 0.3) is 0 Å². The van der Waals surface area contributed by atoms with Crippen molar-refractivity contribution >= 4 is 50.5 Å². The fourth-order valence-corrected chi connectivity index (χ4v) is 7.58. The summed E-state index contributed by atoms with van der Waals surface area (Å²) in [5.74, 6) is -1.31. The molecule has 3 aliphatic rings. The number of nitrogens with one attached hydrogen (secondary N) is 3. The zero-order valence-corrected chi connectivity index (χ0v) is 35.8. The zero-order chi connectivity index (χ0) is 41.5. The van der Waals surface area contributed by atoms with Crippen molar-refractivity contribution in [3.05, 3.63) is 0 Å². The van der Waals surface area contributed by atoms with Gasteiger partial charge >= 0.3 is 0 Å². The van der Waals surface area contributed by atoms with Gasteiger partial charge in [0.15, 0.2) is 23.9 Å². The molecule has 0 spiro atoms. The molecule has 20 nitrogen and oxygen atoms in total. The first-order chi connectivity index (χ1) is 26.9. The van der Waals surface area contributed by atoms with Crippen molar-refractivity contribution in [3.63, 3.8) is 0 Å². The fourth-order valence-electron chi connectivity index (χ4n) is 6.96.